The number of nitrogens with zero attached hydrogens (tertiary/aromatic N) is 2. The Bertz CT molecular complexity index is 237. The maximum atomic E-state index is 11.6. The van der Waals surface area contributed by atoms with Crippen molar-refractivity contribution in [1.82, 2.24) is 15.1 Å². The van der Waals surface area contributed by atoms with Crippen molar-refractivity contribution in [3.8, 4) is 0 Å². The lowest BCUT2D eigenvalue weighted by Crippen LogP contribution is -2.48. The number of carbonyl (C=O) groups is 1. The normalized spacial score (nSPS) is 19.9. The van der Waals surface area contributed by atoms with Crippen LogP contribution in [0.4, 0.5) is 0 Å². The van der Waals surface area contributed by atoms with Gasteiger partial charge < -0.3 is 5.32 Å². The van der Waals surface area contributed by atoms with E-state index in [1.54, 1.807) is 6.92 Å². The van der Waals surface area contributed by atoms with Gasteiger partial charge in [-0.3, -0.25) is 14.6 Å². The smallest absolute Gasteiger partial charge is 0.147 e. The topological polar surface area (TPSA) is 35.6 Å². The van der Waals surface area contributed by atoms with Crippen LogP contribution in [0, 0.1) is 5.92 Å². The van der Waals surface area contributed by atoms with E-state index in [-0.39, 0.29) is 11.8 Å². The number of ketones is 1. The summed E-state index contributed by atoms with van der Waals surface area (Å²) < 4.78 is 0. The molecule has 0 aromatic rings. The van der Waals surface area contributed by atoms with Crippen LogP contribution in [0.5, 0.6) is 0 Å². The summed E-state index contributed by atoms with van der Waals surface area (Å²) in [6.07, 6.45) is 0. The molecule has 0 aromatic heterocycles. The van der Waals surface area contributed by atoms with Crippen LogP contribution in [0.25, 0.3) is 0 Å². The zero-order chi connectivity index (χ0) is 12.8. The van der Waals surface area contributed by atoms with E-state index in [1.165, 1.54) is 0 Å². The van der Waals surface area contributed by atoms with Crippen molar-refractivity contribution in [2.45, 2.75) is 26.8 Å². The molecule has 0 spiro atoms. The molecule has 100 valence electrons. The Balaban J connectivity index is 2.35. The maximum absolute atomic E-state index is 11.6. The van der Waals surface area contributed by atoms with Gasteiger partial charge in [0, 0.05) is 39.3 Å². The first-order valence-corrected chi connectivity index (χ1v) is 6.66. The lowest BCUT2D eigenvalue weighted by Gasteiger charge is -2.33. The summed E-state index contributed by atoms with van der Waals surface area (Å²) in [6, 6.07) is 0.0675. The van der Waals surface area contributed by atoms with Crippen LogP contribution in [0.15, 0.2) is 0 Å². The average Bonchev–Trinajstić information content (AvgIpc) is 2.27. The molecule has 0 radical (unpaired) electrons. The van der Waals surface area contributed by atoms with Gasteiger partial charge in [-0.15, -0.1) is 0 Å². The first-order valence-electron chi connectivity index (χ1n) is 6.66. The van der Waals surface area contributed by atoms with Gasteiger partial charge in [0.2, 0.25) is 0 Å². The number of nitrogens with one attached hydrogen (secondary N) is 1. The summed E-state index contributed by atoms with van der Waals surface area (Å²) in [4.78, 5) is 16.3. The highest BCUT2D eigenvalue weighted by atomic mass is 16.1. The fourth-order valence-electron chi connectivity index (χ4n) is 2.66. The maximum Gasteiger partial charge on any atom is 0.147 e. The molecule has 1 unspecified atom stereocenters. The van der Waals surface area contributed by atoms with Crippen molar-refractivity contribution < 1.29 is 4.79 Å². The van der Waals surface area contributed by atoms with Crippen LogP contribution in [0.2, 0.25) is 0 Å². The summed E-state index contributed by atoms with van der Waals surface area (Å²) >= 11 is 0. The third-order valence-corrected chi connectivity index (χ3v) is 3.50. The van der Waals surface area contributed by atoms with E-state index in [2.05, 4.69) is 36.0 Å². The van der Waals surface area contributed by atoms with E-state index in [4.69, 9.17) is 0 Å². The van der Waals surface area contributed by atoms with E-state index >= 15 is 0 Å². The zero-order valence-corrected chi connectivity index (χ0v) is 11.7. The van der Waals surface area contributed by atoms with Crippen molar-refractivity contribution in [3.63, 3.8) is 0 Å². The molecule has 0 bridgehead atoms. The Kier molecular flexibility index (Phi) is 6.09. The molecule has 1 rings (SSSR count). The number of likely N-dealkylation sites (N-methyl/N-ethyl adjacent to an activating group) is 1. The highest BCUT2D eigenvalue weighted by Gasteiger charge is 2.23. The predicted molar refractivity (Wildman–Crippen MR) is 71.2 cm³/mol. The van der Waals surface area contributed by atoms with E-state index in [9.17, 15) is 4.79 Å². The molecule has 4 nitrogen and oxygen atoms in total. The molecule has 1 aliphatic heterocycles. The van der Waals surface area contributed by atoms with Crippen molar-refractivity contribution >= 4 is 5.78 Å². The number of rotatable bonds is 6. The van der Waals surface area contributed by atoms with Gasteiger partial charge in [-0.2, -0.15) is 0 Å². The van der Waals surface area contributed by atoms with Gasteiger partial charge in [0.25, 0.3) is 0 Å². The van der Waals surface area contributed by atoms with Crippen molar-refractivity contribution in [3.05, 3.63) is 0 Å². The Morgan fingerprint density at radius 3 is 2.41 bits per heavy atom. The number of hydrogen-bond acceptors (Lipinski definition) is 4. The molecule has 4 heteroatoms. The zero-order valence-electron chi connectivity index (χ0n) is 11.7. The van der Waals surface area contributed by atoms with Crippen molar-refractivity contribution in [2.75, 3.05) is 46.3 Å². The number of hydrogen-bond donors (Lipinski definition) is 1. The molecule has 1 atom stereocenters. The molecule has 1 fully saturated rings. The molecule has 1 aliphatic rings. The second kappa shape index (κ2) is 7.09. The quantitative estimate of drug-likeness (QED) is 0.732. The first kappa shape index (κ1) is 14.6. The molecule has 1 N–H and O–H groups in total. The van der Waals surface area contributed by atoms with Gasteiger partial charge in [0.15, 0.2) is 0 Å². The number of piperazine rings is 1. The Labute approximate surface area is 105 Å². The monoisotopic (exact) mass is 241 g/mol. The molecule has 0 saturated carbocycles. The lowest BCUT2D eigenvalue weighted by atomic mass is 9.99. The van der Waals surface area contributed by atoms with E-state index < -0.39 is 0 Å². The second-order valence-corrected chi connectivity index (χ2v) is 5.37. The average molecular weight is 241 g/mol. The van der Waals surface area contributed by atoms with Gasteiger partial charge >= 0.3 is 0 Å². The first-order chi connectivity index (χ1) is 8.02. The third-order valence-electron chi connectivity index (χ3n) is 3.50. The third kappa shape index (κ3) is 4.74. The van der Waals surface area contributed by atoms with Crippen LogP contribution in [0.3, 0.4) is 0 Å². The van der Waals surface area contributed by atoms with Crippen LogP contribution in [0.1, 0.15) is 20.8 Å². The highest BCUT2D eigenvalue weighted by Crippen LogP contribution is 2.10. The minimum absolute atomic E-state index is 0.0675. The highest BCUT2D eigenvalue weighted by molar-refractivity contribution is 5.81. The van der Waals surface area contributed by atoms with E-state index in [1.807, 2.05) is 0 Å². The summed E-state index contributed by atoms with van der Waals surface area (Å²) in [5.74, 6) is 0.670. The molecule has 0 amide bonds. The molecule has 0 aliphatic carbocycles. The molecule has 1 heterocycles. The van der Waals surface area contributed by atoms with Crippen LogP contribution in [-0.2, 0) is 4.79 Å². The largest absolute Gasteiger partial charge is 0.314 e. The van der Waals surface area contributed by atoms with Gasteiger partial charge in [-0.05, 0) is 19.9 Å². The van der Waals surface area contributed by atoms with E-state index in [0.29, 0.717) is 5.92 Å². The number of Topliss-reactive ketones (excluding diaryl/α,β-unsaturated/α-hetero) is 1. The predicted octanol–water partition coefficient (Wildman–Crippen LogP) is 0.437. The molecular formula is C13H27N3O. The Hall–Kier alpha value is -0.450. The standard InChI is InChI=1S/C13H27N3O/c1-11(2)13(12(3)17)15(4)9-10-16-7-5-14-6-8-16/h11,13-14H,5-10H2,1-4H3. The summed E-state index contributed by atoms with van der Waals surface area (Å²) in [6.45, 7) is 12.4. The van der Waals surface area contributed by atoms with Crippen LogP contribution < -0.4 is 5.32 Å². The van der Waals surface area contributed by atoms with Gasteiger partial charge in [-0.25, -0.2) is 0 Å². The van der Waals surface area contributed by atoms with Gasteiger partial charge in [-0.1, -0.05) is 13.8 Å². The molecule has 0 aromatic carbocycles. The van der Waals surface area contributed by atoms with Crippen molar-refractivity contribution in [1.29, 1.82) is 0 Å². The minimum Gasteiger partial charge on any atom is -0.314 e. The Morgan fingerprint density at radius 2 is 1.94 bits per heavy atom. The minimum atomic E-state index is 0.0675. The van der Waals surface area contributed by atoms with Crippen molar-refractivity contribution in [2.24, 2.45) is 5.92 Å². The van der Waals surface area contributed by atoms with Crippen LogP contribution >= 0.6 is 0 Å². The Morgan fingerprint density at radius 1 is 1.35 bits per heavy atom. The molecule has 17 heavy (non-hydrogen) atoms. The fraction of sp³-hybridized carbons (Fsp3) is 0.923. The molecule has 1 saturated heterocycles. The lowest BCUT2D eigenvalue weighted by molar-refractivity contribution is -0.123. The number of carbonyl (C=O) groups excluding carboxylic acids is 1. The summed E-state index contributed by atoms with van der Waals surface area (Å²) in [5.41, 5.74) is 0. The van der Waals surface area contributed by atoms with Crippen LogP contribution in [-0.4, -0.2) is 67.9 Å². The summed E-state index contributed by atoms with van der Waals surface area (Å²) in [7, 11) is 2.06. The molecular weight excluding hydrogens is 214 g/mol. The second-order valence-electron chi connectivity index (χ2n) is 5.37. The van der Waals surface area contributed by atoms with Gasteiger partial charge in [0.1, 0.15) is 5.78 Å². The van der Waals surface area contributed by atoms with Gasteiger partial charge in [0.05, 0.1) is 6.04 Å². The SMILES string of the molecule is CC(=O)C(C(C)C)N(C)CCN1CCNCC1. The fourth-order valence-corrected chi connectivity index (χ4v) is 2.66. The summed E-state index contributed by atoms with van der Waals surface area (Å²) in [5, 5.41) is 3.35. The van der Waals surface area contributed by atoms with E-state index in [0.717, 1.165) is 39.3 Å².